The molecule has 1 aliphatic rings. The topological polar surface area (TPSA) is 15.3 Å². The molecule has 0 aromatic heterocycles. The first kappa shape index (κ1) is 17.8. The Morgan fingerprint density at radius 2 is 1.88 bits per heavy atom. The van der Waals surface area contributed by atoms with E-state index in [1.807, 2.05) is 18.2 Å². The fourth-order valence-corrected chi connectivity index (χ4v) is 3.80. The molecule has 0 radical (unpaired) electrons. The van der Waals surface area contributed by atoms with E-state index >= 15 is 0 Å². The summed E-state index contributed by atoms with van der Waals surface area (Å²) in [6, 6.07) is 17.9. The zero-order valence-corrected chi connectivity index (χ0v) is 15.7. The molecule has 1 fully saturated rings. The molecule has 3 atom stereocenters. The van der Waals surface area contributed by atoms with Crippen molar-refractivity contribution in [2.75, 3.05) is 6.54 Å². The molecular formula is C20H24Cl2N2. The van der Waals surface area contributed by atoms with Crippen LogP contribution in [0.15, 0.2) is 48.5 Å². The van der Waals surface area contributed by atoms with Crippen molar-refractivity contribution < 1.29 is 0 Å². The van der Waals surface area contributed by atoms with Crippen LogP contribution in [0.4, 0.5) is 0 Å². The van der Waals surface area contributed by atoms with Crippen LogP contribution in [0.5, 0.6) is 0 Å². The van der Waals surface area contributed by atoms with Gasteiger partial charge in [-0.2, -0.15) is 0 Å². The van der Waals surface area contributed by atoms with E-state index in [0.717, 1.165) is 13.1 Å². The minimum absolute atomic E-state index is 0.258. The van der Waals surface area contributed by atoms with Gasteiger partial charge < -0.3 is 5.32 Å². The van der Waals surface area contributed by atoms with Gasteiger partial charge in [0.15, 0.2) is 0 Å². The molecule has 1 N–H and O–H groups in total. The Bertz CT molecular complexity index is 675. The first-order chi connectivity index (χ1) is 11.5. The van der Waals surface area contributed by atoms with Crippen LogP contribution in [0.3, 0.4) is 0 Å². The third-order valence-corrected chi connectivity index (χ3v) is 5.60. The predicted molar refractivity (Wildman–Crippen MR) is 103 cm³/mol. The van der Waals surface area contributed by atoms with Crippen molar-refractivity contribution in [3.05, 3.63) is 69.7 Å². The van der Waals surface area contributed by atoms with E-state index in [1.165, 1.54) is 17.5 Å². The maximum Gasteiger partial charge on any atom is 0.0595 e. The molecule has 0 saturated carbocycles. The molecule has 3 unspecified atom stereocenters. The molecule has 4 heteroatoms. The van der Waals surface area contributed by atoms with Gasteiger partial charge in [0.2, 0.25) is 0 Å². The van der Waals surface area contributed by atoms with Crippen molar-refractivity contribution in [1.29, 1.82) is 0 Å². The number of benzene rings is 2. The lowest BCUT2D eigenvalue weighted by Gasteiger charge is -2.22. The number of hydrogen-bond donors (Lipinski definition) is 1. The van der Waals surface area contributed by atoms with Gasteiger partial charge in [-0.15, -0.1) is 0 Å². The fourth-order valence-electron chi connectivity index (χ4n) is 3.49. The van der Waals surface area contributed by atoms with Crippen LogP contribution >= 0.6 is 23.2 Å². The lowest BCUT2D eigenvalue weighted by Crippen LogP contribution is -2.34. The molecular weight excluding hydrogens is 339 g/mol. The fraction of sp³-hybridized carbons (Fsp3) is 0.400. The molecule has 1 heterocycles. The second-order valence-electron chi connectivity index (χ2n) is 6.76. The largest absolute Gasteiger partial charge is 0.306 e. The van der Waals surface area contributed by atoms with Gasteiger partial charge in [-0.25, -0.2) is 0 Å². The maximum atomic E-state index is 6.14. The lowest BCUT2D eigenvalue weighted by atomic mass is 10.1. The second-order valence-corrected chi connectivity index (χ2v) is 7.57. The van der Waals surface area contributed by atoms with Crippen LogP contribution in [0, 0.1) is 0 Å². The van der Waals surface area contributed by atoms with Crippen molar-refractivity contribution in [1.82, 2.24) is 10.2 Å². The second kappa shape index (κ2) is 7.88. The summed E-state index contributed by atoms with van der Waals surface area (Å²) < 4.78 is 0. The normalized spacial score (nSPS) is 22.7. The molecule has 2 aromatic carbocycles. The number of halogens is 2. The summed E-state index contributed by atoms with van der Waals surface area (Å²) in [4.78, 5) is 2.55. The molecule has 1 saturated heterocycles. The molecule has 0 aliphatic carbocycles. The average molecular weight is 363 g/mol. The Kier molecular flexibility index (Phi) is 5.83. The molecule has 128 valence electrons. The van der Waals surface area contributed by atoms with E-state index in [4.69, 9.17) is 23.2 Å². The van der Waals surface area contributed by atoms with Gasteiger partial charge in [-0.1, -0.05) is 59.6 Å². The SMILES string of the molecule is CC(NC1CC(C)N(Cc2ccccc2)C1)c1ccc(Cl)c(Cl)c1. The van der Waals surface area contributed by atoms with Gasteiger partial charge in [0.1, 0.15) is 0 Å². The summed E-state index contributed by atoms with van der Waals surface area (Å²) in [6.45, 7) is 6.58. The van der Waals surface area contributed by atoms with Crippen LogP contribution < -0.4 is 5.32 Å². The summed E-state index contributed by atoms with van der Waals surface area (Å²) in [7, 11) is 0. The minimum atomic E-state index is 0.258. The Morgan fingerprint density at radius 1 is 1.12 bits per heavy atom. The third kappa shape index (κ3) is 4.31. The van der Waals surface area contributed by atoms with Crippen molar-refractivity contribution in [3.63, 3.8) is 0 Å². The Hall–Kier alpha value is -1.06. The molecule has 0 bridgehead atoms. The van der Waals surface area contributed by atoms with Crippen LogP contribution in [0.25, 0.3) is 0 Å². The summed E-state index contributed by atoms with van der Waals surface area (Å²) in [5.41, 5.74) is 2.56. The van der Waals surface area contributed by atoms with E-state index in [9.17, 15) is 0 Å². The van der Waals surface area contributed by atoms with Gasteiger partial charge in [-0.05, 0) is 43.5 Å². The maximum absolute atomic E-state index is 6.14. The highest BCUT2D eigenvalue weighted by molar-refractivity contribution is 6.42. The average Bonchev–Trinajstić information content (AvgIpc) is 2.90. The van der Waals surface area contributed by atoms with Gasteiger partial charge in [0.05, 0.1) is 10.0 Å². The third-order valence-electron chi connectivity index (χ3n) is 4.86. The highest BCUT2D eigenvalue weighted by atomic mass is 35.5. The summed E-state index contributed by atoms with van der Waals surface area (Å²) in [5.74, 6) is 0. The number of rotatable bonds is 5. The van der Waals surface area contributed by atoms with Crippen LogP contribution in [-0.4, -0.2) is 23.5 Å². The Labute approximate surface area is 154 Å². The van der Waals surface area contributed by atoms with Gasteiger partial charge in [-0.3, -0.25) is 4.90 Å². The number of nitrogens with zero attached hydrogens (tertiary/aromatic N) is 1. The van der Waals surface area contributed by atoms with Gasteiger partial charge in [0, 0.05) is 31.2 Å². The van der Waals surface area contributed by atoms with Crippen molar-refractivity contribution in [2.45, 2.75) is 44.9 Å². The number of hydrogen-bond acceptors (Lipinski definition) is 2. The highest BCUT2D eigenvalue weighted by Crippen LogP contribution is 2.27. The van der Waals surface area contributed by atoms with Crippen molar-refractivity contribution in [2.24, 2.45) is 0 Å². The van der Waals surface area contributed by atoms with E-state index in [0.29, 0.717) is 22.1 Å². The molecule has 0 spiro atoms. The summed E-state index contributed by atoms with van der Waals surface area (Å²) in [6.07, 6.45) is 1.17. The minimum Gasteiger partial charge on any atom is -0.306 e. The van der Waals surface area contributed by atoms with Crippen molar-refractivity contribution >= 4 is 23.2 Å². The van der Waals surface area contributed by atoms with E-state index < -0.39 is 0 Å². The number of nitrogens with one attached hydrogen (secondary N) is 1. The summed E-state index contributed by atoms with van der Waals surface area (Å²) in [5, 5.41) is 4.97. The quantitative estimate of drug-likeness (QED) is 0.775. The van der Waals surface area contributed by atoms with Gasteiger partial charge >= 0.3 is 0 Å². The summed E-state index contributed by atoms with van der Waals surface area (Å²) >= 11 is 12.2. The monoisotopic (exact) mass is 362 g/mol. The molecule has 2 aromatic rings. The number of likely N-dealkylation sites (tertiary alicyclic amines) is 1. The van der Waals surface area contributed by atoms with E-state index in [-0.39, 0.29) is 6.04 Å². The van der Waals surface area contributed by atoms with Crippen LogP contribution in [0.2, 0.25) is 10.0 Å². The van der Waals surface area contributed by atoms with Crippen molar-refractivity contribution in [3.8, 4) is 0 Å². The van der Waals surface area contributed by atoms with E-state index in [1.54, 1.807) is 0 Å². The smallest absolute Gasteiger partial charge is 0.0595 e. The van der Waals surface area contributed by atoms with Gasteiger partial charge in [0.25, 0.3) is 0 Å². The highest BCUT2D eigenvalue weighted by Gasteiger charge is 2.29. The molecule has 0 amide bonds. The molecule has 1 aliphatic heterocycles. The lowest BCUT2D eigenvalue weighted by molar-refractivity contribution is 0.256. The first-order valence-corrected chi connectivity index (χ1v) is 9.27. The molecule has 24 heavy (non-hydrogen) atoms. The van der Waals surface area contributed by atoms with Crippen LogP contribution in [0.1, 0.15) is 37.4 Å². The Balaban J connectivity index is 1.59. The molecule has 3 rings (SSSR count). The predicted octanol–water partition coefficient (Wildman–Crippen LogP) is 5.31. The van der Waals surface area contributed by atoms with E-state index in [2.05, 4.69) is 54.4 Å². The zero-order valence-electron chi connectivity index (χ0n) is 14.2. The Morgan fingerprint density at radius 3 is 2.58 bits per heavy atom. The zero-order chi connectivity index (χ0) is 17.1. The molecule has 2 nitrogen and oxygen atoms in total. The van der Waals surface area contributed by atoms with Crippen LogP contribution in [-0.2, 0) is 6.54 Å². The standard InChI is InChI=1S/C20H24Cl2N2/c1-14-10-18(13-24(14)12-16-6-4-3-5-7-16)23-15(2)17-8-9-19(21)20(22)11-17/h3-9,11,14-15,18,23H,10,12-13H2,1-2H3. The first-order valence-electron chi connectivity index (χ1n) is 8.52.